The zero-order valence-electron chi connectivity index (χ0n) is 29.1. The molecule has 0 aliphatic rings. The second kappa shape index (κ2) is 11.4. The van der Waals surface area contributed by atoms with Crippen molar-refractivity contribution in [2.24, 2.45) is 0 Å². The van der Waals surface area contributed by atoms with Gasteiger partial charge in [0, 0.05) is 30.9 Å². The predicted molar refractivity (Wildman–Crippen MR) is 233 cm³/mol. The highest BCUT2D eigenvalue weighted by atomic mass is 32.1. The molecule has 0 unspecified atom stereocenters. The highest BCUT2D eigenvalue weighted by Crippen LogP contribution is 2.47. The molecule has 0 aliphatic heterocycles. The molecule has 0 saturated heterocycles. The molecule has 1 nitrogen and oxygen atoms in total. The third kappa shape index (κ3) is 4.32. The predicted octanol–water partition coefficient (Wildman–Crippen LogP) is 15.6. The molecule has 0 aliphatic carbocycles. The Balaban J connectivity index is 1.04. The largest absolute Gasteiger partial charge is 0.456 e. The van der Waals surface area contributed by atoms with Gasteiger partial charge in [-0.1, -0.05) is 146 Å². The van der Waals surface area contributed by atoms with E-state index >= 15 is 0 Å². The molecule has 0 atom stereocenters. The average molecular weight is 703 g/mol. The molecule has 12 aromatic rings. The van der Waals surface area contributed by atoms with Crippen molar-refractivity contribution >= 4 is 96.5 Å². The molecule has 10 aromatic carbocycles. The van der Waals surface area contributed by atoms with Crippen LogP contribution in [-0.4, -0.2) is 0 Å². The SMILES string of the molecule is c1ccc(-c2c3ccccc3c(-c3ccc(-c4ccc5cc6c(cc5c4)sc4cc5oc7ccccc7c5cc46)c4ccccc34)c3ccccc23)cc1. The van der Waals surface area contributed by atoms with E-state index < -0.39 is 0 Å². The first kappa shape index (κ1) is 29.8. The molecule has 2 aromatic heterocycles. The van der Waals surface area contributed by atoms with Crippen molar-refractivity contribution in [2.75, 3.05) is 0 Å². The highest BCUT2D eigenvalue weighted by Gasteiger charge is 2.19. The number of hydrogen-bond donors (Lipinski definition) is 0. The fraction of sp³-hybridized carbons (Fsp3) is 0. The van der Waals surface area contributed by atoms with Gasteiger partial charge in [-0.05, 0) is 113 Å². The molecule has 0 radical (unpaired) electrons. The Morgan fingerprint density at radius 1 is 0.296 bits per heavy atom. The maximum atomic E-state index is 6.24. The summed E-state index contributed by atoms with van der Waals surface area (Å²) < 4.78 is 8.79. The average Bonchev–Trinajstić information content (AvgIpc) is 3.77. The molecule has 2 heterocycles. The van der Waals surface area contributed by atoms with Crippen LogP contribution in [0.15, 0.2) is 186 Å². The molecule has 0 fully saturated rings. The van der Waals surface area contributed by atoms with Gasteiger partial charge in [0.25, 0.3) is 0 Å². The number of fused-ring (bicyclic) bond motifs is 10. The molecule has 12 rings (SSSR count). The standard InChI is InChI=1S/C52H30OS/c1-2-12-31(13-3-1)51-39-17-6-8-19-41(39)52(42-20-9-7-18-40(42)51)43-25-24-35(36-14-4-5-15-37(36)43)33-23-22-32-27-45-46-29-44-38-16-10-11-21-47(38)53-48(44)30-50(46)54-49(45)28-34(32)26-33/h1-30H. The summed E-state index contributed by atoms with van der Waals surface area (Å²) in [6.07, 6.45) is 0. The topological polar surface area (TPSA) is 13.1 Å². The van der Waals surface area contributed by atoms with Crippen LogP contribution in [0.1, 0.15) is 0 Å². The normalized spacial score (nSPS) is 12.1. The van der Waals surface area contributed by atoms with E-state index in [0.29, 0.717) is 0 Å². The molecular weight excluding hydrogens is 673 g/mol. The van der Waals surface area contributed by atoms with Crippen LogP contribution in [0.2, 0.25) is 0 Å². The Morgan fingerprint density at radius 3 is 1.61 bits per heavy atom. The smallest absolute Gasteiger partial charge is 0.136 e. The number of thiophene rings is 1. The van der Waals surface area contributed by atoms with Crippen molar-refractivity contribution in [2.45, 2.75) is 0 Å². The van der Waals surface area contributed by atoms with E-state index in [4.69, 9.17) is 4.42 Å². The summed E-state index contributed by atoms with van der Waals surface area (Å²) in [5.74, 6) is 0. The molecule has 250 valence electrons. The van der Waals surface area contributed by atoms with Crippen molar-refractivity contribution in [3.8, 4) is 33.4 Å². The van der Waals surface area contributed by atoms with Gasteiger partial charge in [-0.15, -0.1) is 11.3 Å². The molecule has 0 N–H and O–H groups in total. The minimum Gasteiger partial charge on any atom is -0.456 e. The minimum absolute atomic E-state index is 0.940. The summed E-state index contributed by atoms with van der Waals surface area (Å²) in [6.45, 7) is 0. The maximum absolute atomic E-state index is 6.24. The van der Waals surface area contributed by atoms with E-state index in [1.165, 1.54) is 107 Å². The second-order valence-electron chi connectivity index (χ2n) is 14.4. The fourth-order valence-corrected chi connectivity index (χ4v) is 10.2. The van der Waals surface area contributed by atoms with Gasteiger partial charge < -0.3 is 4.42 Å². The number of benzene rings is 10. The van der Waals surface area contributed by atoms with Crippen LogP contribution in [-0.2, 0) is 0 Å². The van der Waals surface area contributed by atoms with Gasteiger partial charge in [-0.3, -0.25) is 0 Å². The number of hydrogen-bond acceptors (Lipinski definition) is 2. The molecule has 2 heteroatoms. The Hall–Kier alpha value is -6.74. The van der Waals surface area contributed by atoms with E-state index in [1.807, 2.05) is 17.4 Å². The van der Waals surface area contributed by atoms with Gasteiger partial charge in [0.2, 0.25) is 0 Å². The first-order valence-electron chi connectivity index (χ1n) is 18.5. The van der Waals surface area contributed by atoms with E-state index in [0.717, 1.165) is 11.2 Å². The molecular formula is C52H30OS. The quantitative estimate of drug-likeness (QED) is 0.167. The maximum Gasteiger partial charge on any atom is 0.136 e. The van der Waals surface area contributed by atoms with Crippen molar-refractivity contribution < 1.29 is 4.42 Å². The minimum atomic E-state index is 0.940. The Bertz CT molecular complexity index is 3440. The molecule has 0 amide bonds. The lowest BCUT2D eigenvalue weighted by Gasteiger charge is -2.19. The van der Waals surface area contributed by atoms with Crippen molar-refractivity contribution in [1.29, 1.82) is 0 Å². The fourth-order valence-electron chi connectivity index (χ4n) is 9.01. The van der Waals surface area contributed by atoms with Crippen LogP contribution in [0.25, 0.3) is 119 Å². The molecule has 0 spiro atoms. The van der Waals surface area contributed by atoms with Crippen LogP contribution in [0.4, 0.5) is 0 Å². The summed E-state index contributed by atoms with van der Waals surface area (Å²) in [6, 6.07) is 66.9. The van der Waals surface area contributed by atoms with Gasteiger partial charge in [0.15, 0.2) is 0 Å². The summed E-state index contributed by atoms with van der Waals surface area (Å²) in [4.78, 5) is 0. The lowest BCUT2D eigenvalue weighted by atomic mass is 9.84. The van der Waals surface area contributed by atoms with Crippen molar-refractivity contribution in [3.63, 3.8) is 0 Å². The third-order valence-electron chi connectivity index (χ3n) is 11.4. The van der Waals surface area contributed by atoms with Crippen LogP contribution in [0.5, 0.6) is 0 Å². The first-order chi connectivity index (χ1) is 26.8. The lowest BCUT2D eigenvalue weighted by Crippen LogP contribution is -1.92. The summed E-state index contributed by atoms with van der Waals surface area (Å²) in [5.41, 5.74) is 9.43. The third-order valence-corrected chi connectivity index (χ3v) is 12.5. The summed E-state index contributed by atoms with van der Waals surface area (Å²) in [7, 11) is 0. The van der Waals surface area contributed by atoms with Crippen molar-refractivity contribution in [3.05, 3.63) is 182 Å². The monoisotopic (exact) mass is 702 g/mol. The molecule has 54 heavy (non-hydrogen) atoms. The number of rotatable bonds is 3. The number of furan rings is 1. The Labute approximate surface area is 314 Å². The zero-order valence-corrected chi connectivity index (χ0v) is 30.0. The summed E-state index contributed by atoms with van der Waals surface area (Å²) >= 11 is 1.85. The van der Waals surface area contributed by atoms with Gasteiger partial charge in [0.1, 0.15) is 11.2 Å². The zero-order chi connectivity index (χ0) is 35.3. The molecule has 0 bridgehead atoms. The van der Waals surface area contributed by atoms with E-state index in [1.54, 1.807) is 0 Å². The number of para-hydroxylation sites is 1. The van der Waals surface area contributed by atoms with E-state index in [9.17, 15) is 0 Å². The van der Waals surface area contributed by atoms with Crippen LogP contribution < -0.4 is 0 Å². The van der Waals surface area contributed by atoms with Crippen molar-refractivity contribution in [1.82, 2.24) is 0 Å². The van der Waals surface area contributed by atoms with Gasteiger partial charge in [0.05, 0.1) is 0 Å². The summed E-state index contributed by atoms with van der Waals surface area (Å²) in [5, 5.41) is 15.0. The van der Waals surface area contributed by atoms with E-state index in [2.05, 4.69) is 176 Å². The molecule has 0 saturated carbocycles. The Morgan fingerprint density at radius 2 is 0.870 bits per heavy atom. The first-order valence-corrected chi connectivity index (χ1v) is 19.3. The Kier molecular flexibility index (Phi) is 6.28. The highest BCUT2D eigenvalue weighted by molar-refractivity contribution is 7.26. The van der Waals surface area contributed by atoms with Crippen LogP contribution >= 0.6 is 11.3 Å². The van der Waals surface area contributed by atoms with Gasteiger partial charge >= 0.3 is 0 Å². The lowest BCUT2D eigenvalue weighted by molar-refractivity contribution is 0.669. The van der Waals surface area contributed by atoms with Gasteiger partial charge in [-0.2, -0.15) is 0 Å². The second-order valence-corrected chi connectivity index (χ2v) is 15.5. The van der Waals surface area contributed by atoms with Crippen LogP contribution in [0, 0.1) is 0 Å². The van der Waals surface area contributed by atoms with Crippen LogP contribution in [0.3, 0.4) is 0 Å². The van der Waals surface area contributed by atoms with Gasteiger partial charge in [-0.25, -0.2) is 0 Å². The van der Waals surface area contributed by atoms with E-state index in [-0.39, 0.29) is 0 Å².